The first-order valence-electron chi connectivity index (χ1n) is 8.10. The van der Waals surface area contributed by atoms with Crippen molar-refractivity contribution < 1.29 is 14.6 Å². The Labute approximate surface area is 142 Å². The average molecular weight is 336 g/mol. The Hall–Kier alpha value is -1.23. The van der Waals surface area contributed by atoms with Crippen LogP contribution >= 0.6 is 12.4 Å². The normalized spacial score (nSPS) is 39.3. The molecule has 1 saturated heterocycles. The van der Waals surface area contributed by atoms with Gasteiger partial charge in [-0.15, -0.1) is 12.4 Å². The second-order valence-electron chi connectivity index (χ2n) is 7.11. The summed E-state index contributed by atoms with van der Waals surface area (Å²) >= 11 is 0. The summed E-state index contributed by atoms with van der Waals surface area (Å²) in [5, 5.41) is 10.6. The van der Waals surface area contributed by atoms with Crippen LogP contribution in [0.5, 0.6) is 11.5 Å². The highest BCUT2D eigenvalue weighted by Crippen LogP contribution is 2.62. The quantitative estimate of drug-likeness (QED) is 0.796. The number of aliphatic hydroxyl groups is 1. The summed E-state index contributed by atoms with van der Waals surface area (Å²) in [7, 11) is 3.91. The molecule has 0 aromatic heterocycles. The van der Waals surface area contributed by atoms with Crippen molar-refractivity contribution >= 4 is 12.4 Å². The largest absolute Gasteiger partial charge is 0.493 e. The third-order valence-corrected chi connectivity index (χ3v) is 6.35. The van der Waals surface area contributed by atoms with Crippen molar-refractivity contribution in [2.24, 2.45) is 5.92 Å². The molecule has 2 heterocycles. The lowest BCUT2D eigenvalue weighted by atomic mass is 9.53. The molecule has 1 aromatic rings. The van der Waals surface area contributed by atoms with E-state index in [2.05, 4.69) is 24.1 Å². The number of likely N-dealkylation sites (N-methyl/N-ethyl adjacent to an activating group) is 1. The maximum absolute atomic E-state index is 10.6. The van der Waals surface area contributed by atoms with Gasteiger partial charge < -0.3 is 19.5 Å². The van der Waals surface area contributed by atoms with E-state index in [9.17, 15) is 5.11 Å². The van der Waals surface area contributed by atoms with Gasteiger partial charge in [-0.1, -0.05) is 18.2 Å². The number of nitrogens with zero attached hydrogens (tertiary/aromatic N) is 1. The molecule has 0 radical (unpaired) electrons. The van der Waals surface area contributed by atoms with Crippen molar-refractivity contribution in [2.45, 2.75) is 36.5 Å². The number of ether oxygens (including phenoxy) is 2. The third-order valence-electron chi connectivity index (χ3n) is 6.35. The maximum Gasteiger partial charge on any atom is 0.165 e. The van der Waals surface area contributed by atoms with Crippen molar-refractivity contribution in [1.82, 2.24) is 4.90 Å². The average Bonchev–Trinajstić information content (AvgIpc) is 2.88. The van der Waals surface area contributed by atoms with E-state index in [1.807, 2.05) is 12.1 Å². The molecule has 5 heteroatoms. The highest BCUT2D eigenvalue weighted by molar-refractivity contribution is 5.85. The Morgan fingerprint density at radius 3 is 2.96 bits per heavy atom. The molecular weight excluding hydrogens is 314 g/mol. The van der Waals surface area contributed by atoms with E-state index in [0.29, 0.717) is 12.0 Å². The summed E-state index contributed by atoms with van der Waals surface area (Å²) in [5.74, 6) is 2.09. The number of rotatable bonds is 1. The van der Waals surface area contributed by atoms with Gasteiger partial charge >= 0.3 is 0 Å². The fourth-order valence-corrected chi connectivity index (χ4v) is 5.39. The zero-order valence-electron chi connectivity index (χ0n) is 13.4. The molecule has 5 atom stereocenters. The van der Waals surface area contributed by atoms with E-state index in [4.69, 9.17) is 9.47 Å². The van der Waals surface area contributed by atoms with Crippen molar-refractivity contribution in [3.05, 3.63) is 35.4 Å². The Bertz CT molecular complexity index is 691. The predicted molar refractivity (Wildman–Crippen MR) is 89.7 cm³/mol. The van der Waals surface area contributed by atoms with Crippen LogP contribution in [0.3, 0.4) is 0 Å². The first-order chi connectivity index (χ1) is 10.7. The van der Waals surface area contributed by atoms with Gasteiger partial charge in [-0.05, 0) is 38.1 Å². The van der Waals surface area contributed by atoms with Gasteiger partial charge in [0.15, 0.2) is 11.5 Å². The number of hydrogen-bond acceptors (Lipinski definition) is 4. The maximum atomic E-state index is 10.6. The number of methoxy groups -OCH3 is 1. The minimum absolute atomic E-state index is 0. The fraction of sp³-hybridized carbons (Fsp3) is 0.556. The summed E-state index contributed by atoms with van der Waals surface area (Å²) in [6, 6.07) is 4.70. The first kappa shape index (κ1) is 15.3. The molecule has 2 aliphatic carbocycles. The van der Waals surface area contributed by atoms with E-state index >= 15 is 0 Å². The lowest BCUT2D eigenvalue weighted by Crippen LogP contribution is -2.64. The summed E-state index contributed by atoms with van der Waals surface area (Å²) in [5.41, 5.74) is 2.60. The van der Waals surface area contributed by atoms with Crippen LogP contribution < -0.4 is 9.47 Å². The molecular formula is C18H22ClNO3. The summed E-state index contributed by atoms with van der Waals surface area (Å²) < 4.78 is 11.8. The Morgan fingerprint density at radius 1 is 1.35 bits per heavy atom. The van der Waals surface area contributed by atoms with Gasteiger partial charge in [-0.3, -0.25) is 0 Å². The minimum atomic E-state index is -0.539. The monoisotopic (exact) mass is 335 g/mol. The van der Waals surface area contributed by atoms with Crippen molar-refractivity contribution in [3.8, 4) is 11.5 Å². The van der Waals surface area contributed by atoms with E-state index in [0.717, 1.165) is 30.9 Å². The van der Waals surface area contributed by atoms with Crippen LogP contribution in [0.1, 0.15) is 17.5 Å². The summed E-state index contributed by atoms with van der Waals surface area (Å²) in [6.07, 6.45) is 5.54. The highest BCUT2D eigenvalue weighted by atomic mass is 35.5. The molecule has 124 valence electrons. The minimum Gasteiger partial charge on any atom is -0.493 e. The summed E-state index contributed by atoms with van der Waals surface area (Å²) in [4.78, 5) is 2.47. The van der Waals surface area contributed by atoms with Gasteiger partial charge in [-0.25, -0.2) is 0 Å². The highest BCUT2D eigenvalue weighted by Gasteiger charge is 2.64. The smallest absolute Gasteiger partial charge is 0.165 e. The van der Waals surface area contributed by atoms with Crippen molar-refractivity contribution in [2.75, 3.05) is 20.7 Å². The van der Waals surface area contributed by atoms with Gasteiger partial charge in [0.05, 0.1) is 7.11 Å². The summed E-state index contributed by atoms with van der Waals surface area (Å²) in [6.45, 7) is 1.05. The molecule has 4 nitrogen and oxygen atoms in total. The zero-order valence-corrected chi connectivity index (χ0v) is 14.2. The molecule has 0 saturated carbocycles. The third kappa shape index (κ3) is 1.64. The van der Waals surface area contributed by atoms with Crippen molar-refractivity contribution in [1.29, 1.82) is 0 Å². The van der Waals surface area contributed by atoms with Crippen LogP contribution in [0, 0.1) is 5.92 Å². The number of hydrogen-bond donors (Lipinski definition) is 1. The SMILES string of the molecule is COc1ccc2c3c1O[C@H]1[C@@H](O)C=C[C@H]4[C@@H](C2)N(C)CC[C@@]341.Cl. The molecule has 2 aliphatic heterocycles. The van der Waals surface area contributed by atoms with Crippen LogP contribution in [0.4, 0.5) is 0 Å². The van der Waals surface area contributed by atoms with E-state index in [-0.39, 0.29) is 23.9 Å². The molecule has 1 aromatic carbocycles. The van der Waals surface area contributed by atoms with Crippen molar-refractivity contribution in [3.63, 3.8) is 0 Å². The molecule has 2 bridgehead atoms. The molecule has 23 heavy (non-hydrogen) atoms. The fourth-order valence-electron chi connectivity index (χ4n) is 5.39. The molecule has 0 amide bonds. The van der Waals surface area contributed by atoms with Gasteiger partial charge in [-0.2, -0.15) is 0 Å². The lowest BCUT2D eigenvalue weighted by Gasteiger charge is -2.56. The van der Waals surface area contributed by atoms with Crippen LogP contribution in [0.25, 0.3) is 0 Å². The van der Waals surface area contributed by atoms with Gasteiger partial charge in [0.1, 0.15) is 12.2 Å². The molecule has 4 aliphatic rings. The Balaban J connectivity index is 0.00000135. The molecule has 1 N–H and O–H groups in total. The predicted octanol–water partition coefficient (Wildman–Crippen LogP) is 1.92. The van der Waals surface area contributed by atoms with E-state index in [1.54, 1.807) is 7.11 Å². The first-order valence-corrected chi connectivity index (χ1v) is 8.10. The molecule has 1 fully saturated rings. The van der Waals surface area contributed by atoms with Crippen LogP contribution in [-0.4, -0.2) is 49.0 Å². The molecule has 1 spiro atoms. The van der Waals surface area contributed by atoms with Gasteiger partial charge in [0, 0.05) is 22.9 Å². The number of likely N-dealkylation sites (tertiary alicyclic amines) is 1. The van der Waals surface area contributed by atoms with Crippen LogP contribution in [0.15, 0.2) is 24.3 Å². The topological polar surface area (TPSA) is 41.9 Å². The van der Waals surface area contributed by atoms with E-state index in [1.165, 1.54) is 11.1 Å². The standard InChI is InChI=1S/C18H21NO3.ClH/c1-19-8-7-18-11-4-5-13(20)17(18)22-16-14(21-2)6-3-10(15(16)18)9-12(11)19;/h3-6,11-13,17,20H,7-9H2,1-2H3;1H/t11-,12+,13-,17-,18-;/m0./s1. The molecule has 0 unspecified atom stereocenters. The van der Waals surface area contributed by atoms with Crippen LogP contribution in [-0.2, 0) is 11.8 Å². The Kier molecular flexibility index (Phi) is 3.25. The van der Waals surface area contributed by atoms with E-state index < -0.39 is 6.10 Å². The van der Waals surface area contributed by atoms with Crippen LogP contribution in [0.2, 0.25) is 0 Å². The zero-order chi connectivity index (χ0) is 15.1. The number of piperidine rings is 1. The lowest BCUT2D eigenvalue weighted by molar-refractivity contribution is -0.0453. The number of benzene rings is 1. The second-order valence-corrected chi connectivity index (χ2v) is 7.11. The Morgan fingerprint density at radius 2 is 2.17 bits per heavy atom. The molecule has 5 rings (SSSR count). The number of aliphatic hydroxyl groups excluding tert-OH is 1. The van der Waals surface area contributed by atoms with Gasteiger partial charge in [0.2, 0.25) is 0 Å². The second kappa shape index (κ2) is 4.88. The van der Waals surface area contributed by atoms with Gasteiger partial charge in [0.25, 0.3) is 0 Å². The number of halogens is 1.